The second-order valence-corrected chi connectivity index (χ2v) is 6.95. The van der Waals surface area contributed by atoms with Gasteiger partial charge in [-0.25, -0.2) is 4.39 Å². The molecule has 148 valence electrons. The molecule has 7 nitrogen and oxygen atoms in total. The summed E-state index contributed by atoms with van der Waals surface area (Å²) in [4.78, 5) is 24.5. The number of nitrogen functional groups attached to an aromatic ring is 1. The first kappa shape index (κ1) is 19.9. The number of benzene rings is 1. The van der Waals surface area contributed by atoms with E-state index in [0.29, 0.717) is 30.6 Å². The Morgan fingerprint density at radius 1 is 1.43 bits per heavy atom. The highest BCUT2D eigenvalue weighted by Gasteiger charge is 2.28. The standard InChI is InChI=1S/C19H20ClFN4O3/c1-25-17(22)15(18(26)23-12-7-8-14(21)13(20)9-12)16(24-25)10-3-5-11(6-4-10)19(27)28-2/h3,7-9,11H,4-6,22H2,1-2H3,(H,23,26). The summed E-state index contributed by atoms with van der Waals surface area (Å²) in [5.74, 6) is -1.29. The number of rotatable bonds is 4. The van der Waals surface area contributed by atoms with Crippen LogP contribution in [0.5, 0.6) is 0 Å². The minimum absolute atomic E-state index is 0.0963. The van der Waals surface area contributed by atoms with Gasteiger partial charge in [-0.05, 0) is 43.0 Å². The Morgan fingerprint density at radius 3 is 2.79 bits per heavy atom. The molecule has 3 rings (SSSR count). The summed E-state index contributed by atoms with van der Waals surface area (Å²) >= 11 is 5.77. The van der Waals surface area contributed by atoms with Gasteiger partial charge in [0, 0.05) is 12.7 Å². The molecule has 0 saturated carbocycles. The van der Waals surface area contributed by atoms with E-state index in [1.54, 1.807) is 7.05 Å². The number of amides is 1. The van der Waals surface area contributed by atoms with Crippen LogP contribution in [0.3, 0.4) is 0 Å². The van der Waals surface area contributed by atoms with Crippen molar-refractivity contribution in [3.63, 3.8) is 0 Å². The monoisotopic (exact) mass is 406 g/mol. The van der Waals surface area contributed by atoms with Crippen molar-refractivity contribution in [3.8, 4) is 0 Å². The van der Waals surface area contributed by atoms with Crippen LogP contribution in [0, 0.1) is 11.7 Å². The van der Waals surface area contributed by atoms with E-state index in [0.717, 1.165) is 5.57 Å². The molecular weight excluding hydrogens is 387 g/mol. The third-order valence-electron chi connectivity index (χ3n) is 4.75. The Hall–Kier alpha value is -2.87. The van der Waals surface area contributed by atoms with E-state index in [-0.39, 0.29) is 28.3 Å². The molecule has 1 aliphatic carbocycles. The Labute approximate surface area is 166 Å². The van der Waals surface area contributed by atoms with Crippen LogP contribution in [0.15, 0.2) is 24.3 Å². The number of nitrogens with zero attached hydrogens (tertiary/aromatic N) is 2. The number of anilines is 2. The van der Waals surface area contributed by atoms with Crippen LogP contribution in [-0.4, -0.2) is 28.8 Å². The summed E-state index contributed by atoms with van der Waals surface area (Å²) in [6.07, 6.45) is 3.56. The molecule has 3 N–H and O–H groups in total. The predicted molar refractivity (Wildman–Crippen MR) is 104 cm³/mol. The second-order valence-electron chi connectivity index (χ2n) is 6.54. The maximum atomic E-state index is 13.3. The molecule has 0 bridgehead atoms. The summed E-state index contributed by atoms with van der Waals surface area (Å²) in [6, 6.07) is 3.90. The van der Waals surface area contributed by atoms with Gasteiger partial charge in [-0.1, -0.05) is 17.7 Å². The number of aryl methyl sites for hydroxylation is 1. The van der Waals surface area contributed by atoms with E-state index in [4.69, 9.17) is 22.1 Å². The molecule has 1 aromatic heterocycles. The molecule has 1 aromatic carbocycles. The summed E-state index contributed by atoms with van der Waals surface area (Å²) in [5, 5.41) is 6.95. The van der Waals surface area contributed by atoms with E-state index in [2.05, 4.69) is 10.4 Å². The van der Waals surface area contributed by atoms with Gasteiger partial charge in [-0.15, -0.1) is 0 Å². The lowest BCUT2D eigenvalue weighted by atomic mass is 9.87. The van der Waals surface area contributed by atoms with Gasteiger partial charge in [-0.2, -0.15) is 5.10 Å². The van der Waals surface area contributed by atoms with Gasteiger partial charge in [0.15, 0.2) is 0 Å². The lowest BCUT2D eigenvalue weighted by Crippen LogP contribution is -2.19. The van der Waals surface area contributed by atoms with Gasteiger partial charge in [0.05, 0.1) is 18.1 Å². The van der Waals surface area contributed by atoms with Gasteiger partial charge in [0.2, 0.25) is 0 Å². The number of methoxy groups -OCH3 is 1. The van der Waals surface area contributed by atoms with Crippen molar-refractivity contribution in [1.29, 1.82) is 0 Å². The number of nitrogens with one attached hydrogen (secondary N) is 1. The fraction of sp³-hybridized carbons (Fsp3) is 0.316. The Kier molecular flexibility index (Phi) is 5.69. The van der Waals surface area contributed by atoms with Crippen LogP contribution >= 0.6 is 11.6 Å². The predicted octanol–water partition coefficient (Wildman–Crippen LogP) is 3.40. The zero-order valence-corrected chi connectivity index (χ0v) is 16.2. The number of halogens is 2. The molecule has 9 heteroatoms. The summed E-state index contributed by atoms with van der Waals surface area (Å²) < 4.78 is 19.5. The fourth-order valence-corrected chi connectivity index (χ4v) is 3.36. The lowest BCUT2D eigenvalue weighted by Gasteiger charge is -2.19. The first-order valence-corrected chi connectivity index (χ1v) is 9.05. The first-order valence-electron chi connectivity index (χ1n) is 8.68. The van der Waals surface area contributed by atoms with Crippen LogP contribution in [0.2, 0.25) is 5.02 Å². The van der Waals surface area contributed by atoms with Crippen molar-refractivity contribution < 1.29 is 18.7 Å². The zero-order chi connectivity index (χ0) is 20.4. The van der Waals surface area contributed by atoms with Crippen molar-refractivity contribution >= 4 is 40.6 Å². The van der Waals surface area contributed by atoms with E-state index in [1.807, 2.05) is 6.08 Å². The SMILES string of the molecule is COC(=O)C1CC=C(c2nn(C)c(N)c2C(=O)Nc2ccc(F)c(Cl)c2)CC1. The number of esters is 1. The quantitative estimate of drug-likeness (QED) is 0.758. The minimum atomic E-state index is -0.575. The maximum Gasteiger partial charge on any atom is 0.308 e. The molecule has 1 unspecified atom stereocenters. The third kappa shape index (κ3) is 3.87. The second kappa shape index (κ2) is 8.02. The van der Waals surface area contributed by atoms with Crippen molar-refractivity contribution in [2.75, 3.05) is 18.2 Å². The lowest BCUT2D eigenvalue weighted by molar-refractivity contribution is -0.145. The molecule has 1 atom stereocenters. The normalized spacial score (nSPS) is 16.4. The average molecular weight is 407 g/mol. The molecule has 28 heavy (non-hydrogen) atoms. The molecular formula is C19H20ClFN4O3. The number of hydrogen-bond acceptors (Lipinski definition) is 5. The fourth-order valence-electron chi connectivity index (χ4n) is 3.18. The smallest absolute Gasteiger partial charge is 0.308 e. The van der Waals surface area contributed by atoms with Crippen molar-refractivity contribution in [2.45, 2.75) is 19.3 Å². The van der Waals surface area contributed by atoms with E-state index in [9.17, 15) is 14.0 Å². The van der Waals surface area contributed by atoms with Crippen molar-refractivity contribution in [2.24, 2.45) is 13.0 Å². The van der Waals surface area contributed by atoms with Crippen molar-refractivity contribution in [1.82, 2.24) is 9.78 Å². The van der Waals surface area contributed by atoms with Gasteiger partial charge >= 0.3 is 5.97 Å². The number of aromatic nitrogens is 2. The van der Waals surface area contributed by atoms with Gasteiger partial charge in [-0.3, -0.25) is 14.3 Å². The van der Waals surface area contributed by atoms with Crippen LogP contribution in [0.4, 0.5) is 15.9 Å². The minimum Gasteiger partial charge on any atom is -0.469 e. The molecule has 1 amide bonds. The summed E-state index contributed by atoms with van der Waals surface area (Å²) in [7, 11) is 3.01. The Balaban J connectivity index is 1.88. The number of carbonyl (C=O) groups is 2. The maximum absolute atomic E-state index is 13.3. The van der Waals surface area contributed by atoms with Gasteiger partial charge in [0.25, 0.3) is 5.91 Å². The zero-order valence-electron chi connectivity index (χ0n) is 15.5. The highest BCUT2D eigenvalue weighted by Crippen LogP contribution is 2.34. The van der Waals surface area contributed by atoms with Crippen LogP contribution in [0.1, 0.15) is 35.3 Å². The molecule has 0 radical (unpaired) electrons. The van der Waals surface area contributed by atoms with Crippen LogP contribution < -0.4 is 11.1 Å². The molecule has 0 saturated heterocycles. The number of allylic oxidation sites excluding steroid dienone is 2. The highest BCUT2D eigenvalue weighted by molar-refractivity contribution is 6.31. The van der Waals surface area contributed by atoms with E-state index >= 15 is 0 Å². The number of carbonyl (C=O) groups excluding carboxylic acids is 2. The summed E-state index contributed by atoms with van der Waals surface area (Å²) in [6.45, 7) is 0. The number of hydrogen-bond donors (Lipinski definition) is 2. The summed E-state index contributed by atoms with van der Waals surface area (Å²) in [5.41, 5.74) is 7.95. The third-order valence-corrected chi connectivity index (χ3v) is 5.04. The topological polar surface area (TPSA) is 99.2 Å². The molecule has 0 fully saturated rings. The Bertz CT molecular complexity index is 970. The van der Waals surface area contributed by atoms with Crippen LogP contribution in [-0.2, 0) is 16.6 Å². The van der Waals surface area contributed by atoms with Crippen molar-refractivity contribution in [3.05, 3.63) is 46.4 Å². The molecule has 2 aromatic rings. The Morgan fingerprint density at radius 2 is 2.18 bits per heavy atom. The van der Waals surface area contributed by atoms with Gasteiger partial charge < -0.3 is 15.8 Å². The molecule has 1 heterocycles. The molecule has 0 spiro atoms. The first-order chi connectivity index (χ1) is 13.3. The van der Waals surface area contributed by atoms with E-state index < -0.39 is 11.7 Å². The molecule has 0 aliphatic heterocycles. The van der Waals surface area contributed by atoms with E-state index in [1.165, 1.54) is 30.0 Å². The largest absolute Gasteiger partial charge is 0.469 e. The number of ether oxygens (including phenoxy) is 1. The van der Waals surface area contributed by atoms with Gasteiger partial charge in [0.1, 0.15) is 22.9 Å². The number of nitrogens with two attached hydrogens (primary N) is 1. The molecule has 1 aliphatic rings. The average Bonchev–Trinajstić information content (AvgIpc) is 2.99. The highest BCUT2D eigenvalue weighted by atomic mass is 35.5. The van der Waals surface area contributed by atoms with Crippen LogP contribution in [0.25, 0.3) is 5.57 Å².